The number of rotatable bonds is 4. The van der Waals surface area contributed by atoms with E-state index in [9.17, 15) is 0 Å². The number of aromatic nitrogens is 2. The predicted molar refractivity (Wildman–Crippen MR) is 88.4 cm³/mol. The first kappa shape index (κ1) is 14.1. The zero-order valence-corrected chi connectivity index (χ0v) is 12.8. The van der Waals surface area contributed by atoms with E-state index in [0.29, 0.717) is 6.54 Å². The lowest BCUT2D eigenvalue weighted by atomic mass is 10.1. The fourth-order valence-electron chi connectivity index (χ4n) is 2.60. The molecule has 0 aliphatic heterocycles. The summed E-state index contributed by atoms with van der Waals surface area (Å²) < 4.78 is 2.23. The van der Waals surface area contributed by atoms with Crippen molar-refractivity contribution in [3.8, 4) is 11.4 Å². The van der Waals surface area contributed by atoms with Gasteiger partial charge < -0.3 is 10.3 Å². The third-order valence-corrected chi connectivity index (χ3v) is 3.81. The van der Waals surface area contributed by atoms with E-state index >= 15 is 0 Å². The lowest BCUT2D eigenvalue weighted by molar-refractivity contribution is 0.704. The van der Waals surface area contributed by atoms with Crippen molar-refractivity contribution in [3.63, 3.8) is 0 Å². The Labute approximate surface area is 129 Å². The Kier molecular flexibility index (Phi) is 3.95. The minimum absolute atomic E-state index is 0.535. The first-order valence-electron chi connectivity index (χ1n) is 7.18. The van der Waals surface area contributed by atoms with Gasteiger partial charge in [0.05, 0.1) is 11.0 Å². The van der Waals surface area contributed by atoms with Gasteiger partial charge in [-0.25, -0.2) is 4.98 Å². The smallest absolute Gasteiger partial charge is 0.141 e. The van der Waals surface area contributed by atoms with Gasteiger partial charge in [-0.05, 0) is 36.2 Å². The molecule has 3 rings (SSSR count). The van der Waals surface area contributed by atoms with Gasteiger partial charge >= 0.3 is 0 Å². The van der Waals surface area contributed by atoms with Gasteiger partial charge in [-0.2, -0.15) is 0 Å². The molecular weight excluding hydrogens is 282 g/mol. The molecular formula is C17H18ClN3. The van der Waals surface area contributed by atoms with Crippen LogP contribution in [0.2, 0.25) is 5.02 Å². The monoisotopic (exact) mass is 299 g/mol. The number of halogens is 1. The Bertz CT molecular complexity index is 777. The zero-order valence-electron chi connectivity index (χ0n) is 12.0. The van der Waals surface area contributed by atoms with Crippen LogP contribution in [-0.4, -0.2) is 9.55 Å². The summed E-state index contributed by atoms with van der Waals surface area (Å²) in [5, 5.41) is 0.738. The predicted octanol–water partition coefficient (Wildman–Crippen LogP) is 4.23. The topological polar surface area (TPSA) is 43.8 Å². The van der Waals surface area contributed by atoms with Gasteiger partial charge in [0.15, 0.2) is 0 Å². The highest BCUT2D eigenvalue weighted by Gasteiger charge is 2.12. The van der Waals surface area contributed by atoms with Gasteiger partial charge in [0.1, 0.15) is 5.82 Å². The summed E-state index contributed by atoms with van der Waals surface area (Å²) in [5.41, 5.74) is 10.0. The van der Waals surface area contributed by atoms with E-state index in [1.54, 1.807) is 0 Å². The third kappa shape index (κ3) is 2.67. The van der Waals surface area contributed by atoms with Gasteiger partial charge in [-0.1, -0.05) is 36.7 Å². The van der Waals surface area contributed by atoms with Gasteiger partial charge in [0.25, 0.3) is 0 Å². The van der Waals surface area contributed by atoms with Gasteiger partial charge in [-0.15, -0.1) is 0 Å². The average Bonchev–Trinajstić information content (AvgIpc) is 2.86. The van der Waals surface area contributed by atoms with E-state index in [2.05, 4.69) is 23.6 Å². The van der Waals surface area contributed by atoms with Crippen LogP contribution in [0, 0.1) is 0 Å². The summed E-state index contributed by atoms with van der Waals surface area (Å²) >= 11 is 6.14. The van der Waals surface area contributed by atoms with Gasteiger partial charge in [0.2, 0.25) is 0 Å². The summed E-state index contributed by atoms with van der Waals surface area (Å²) in [7, 11) is 0. The van der Waals surface area contributed by atoms with E-state index in [1.165, 1.54) is 0 Å². The number of nitrogens with zero attached hydrogens (tertiary/aromatic N) is 2. The highest BCUT2D eigenvalue weighted by molar-refractivity contribution is 6.31. The van der Waals surface area contributed by atoms with Crippen LogP contribution in [0.4, 0.5) is 0 Å². The van der Waals surface area contributed by atoms with Crippen LogP contribution in [0.15, 0.2) is 42.5 Å². The number of nitrogens with two attached hydrogens (primary N) is 1. The Morgan fingerprint density at radius 2 is 2.05 bits per heavy atom. The Morgan fingerprint density at radius 3 is 2.81 bits per heavy atom. The second-order valence-corrected chi connectivity index (χ2v) is 5.56. The zero-order chi connectivity index (χ0) is 14.8. The maximum absolute atomic E-state index is 6.14. The van der Waals surface area contributed by atoms with Crippen LogP contribution in [0.3, 0.4) is 0 Å². The first-order chi connectivity index (χ1) is 10.2. The molecule has 3 aromatic rings. The summed E-state index contributed by atoms with van der Waals surface area (Å²) in [6, 6.07) is 14.1. The fraction of sp³-hybridized carbons (Fsp3) is 0.235. The summed E-state index contributed by atoms with van der Waals surface area (Å²) in [6.07, 6.45) is 1.04. The quantitative estimate of drug-likeness (QED) is 0.783. The molecule has 0 atom stereocenters. The van der Waals surface area contributed by atoms with Crippen molar-refractivity contribution < 1.29 is 0 Å². The van der Waals surface area contributed by atoms with Crippen molar-refractivity contribution in [2.45, 2.75) is 26.4 Å². The van der Waals surface area contributed by atoms with E-state index in [1.807, 2.05) is 30.3 Å². The molecule has 0 spiro atoms. The van der Waals surface area contributed by atoms with E-state index < -0.39 is 0 Å². The molecule has 0 saturated carbocycles. The highest BCUT2D eigenvalue weighted by atomic mass is 35.5. The minimum Gasteiger partial charge on any atom is -0.326 e. The number of hydrogen-bond acceptors (Lipinski definition) is 2. The molecule has 0 aliphatic rings. The number of fused-ring (bicyclic) bond motifs is 1. The van der Waals surface area contributed by atoms with Crippen molar-refractivity contribution in [3.05, 3.63) is 53.1 Å². The first-order valence-corrected chi connectivity index (χ1v) is 7.56. The molecule has 108 valence electrons. The Hall–Kier alpha value is -1.84. The van der Waals surface area contributed by atoms with Crippen molar-refractivity contribution in [1.29, 1.82) is 0 Å². The average molecular weight is 300 g/mol. The van der Waals surface area contributed by atoms with E-state index in [-0.39, 0.29) is 0 Å². The van der Waals surface area contributed by atoms with Crippen LogP contribution in [-0.2, 0) is 13.1 Å². The maximum Gasteiger partial charge on any atom is 0.141 e. The molecule has 2 aromatic carbocycles. The van der Waals surface area contributed by atoms with Gasteiger partial charge in [-0.3, -0.25) is 0 Å². The molecule has 0 saturated heterocycles. The molecule has 4 heteroatoms. The lowest BCUT2D eigenvalue weighted by Crippen LogP contribution is -2.01. The van der Waals surface area contributed by atoms with E-state index in [0.717, 1.165) is 46.0 Å². The molecule has 0 aliphatic carbocycles. The van der Waals surface area contributed by atoms with Crippen LogP contribution in [0.25, 0.3) is 22.4 Å². The second-order valence-electron chi connectivity index (χ2n) is 5.12. The van der Waals surface area contributed by atoms with E-state index in [4.69, 9.17) is 22.3 Å². The standard InChI is InChI=1S/C17H18ClN3/c1-2-8-21-16-10-14(18)6-7-15(16)20-17(21)13-5-3-4-12(9-13)11-19/h3-7,9-10H,2,8,11,19H2,1H3. The molecule has 3 nitrogen and oxygen atoms in total. The summed E-state index contributed by atoms with van der Waals surface area (Å²) in [4.78, 5) is 4.78. The number of hydrogen-bond donors (Lipinski definition) is 1. The van der Waals surface area contributed by atoms with Crippen molar-refractivity contribution in [1.82, 2.24) is 9.55 Å². The molecule has 2 N–H and O–H groups in total. The number of benzene rings is 2. The molecule has 0 bridgehead atoms. The summed E-state index contributed by atoms with van der Waals surface area (Å²) in [5.74, 6) is 0.976. The SMILES string of the molecule is CCCn1c(-c2cccc(CN)c2)nc2ccc(Cl)cc21. The molecule has 0 fully saturated rings. The second kappa shape index (κ2) is 5.88. The molecule has 0 amide bonds. The number of aryl methyl sites for hydroxylation is 1. The van der Waals surface area contributed by atoms with Crippen LogP contribution in [0.5, 0.6) is 0 Å². The highest BCUT2D eigenvalue weighted by Crippen LogP contribution is 2.27. The fourth-order valence-corrected chi connectivity index (χ4v) is 2.77. The molecule has 1 heterocycles. The normalized spacial score (nSPS) is 11.2. The largest absolute Gasteiger partial charge is 0.326 e. The van der Waals surface area contributed by atoms with Crippen LogP contribution in [0.1, 0.15) is 18.9 Å². The Morgan fingerprint density at radius 1 is 1.19 bits per heavy atom. The molecule has 0 radical (unpaired) electrons. The van der Waals surface area contributed by atoms with Crippen LogP contribution < -0.4 is 5.73 Å². The lowest BCUT2D eigenvalue weighted by Gasteiger charge is -2.09. The van der Waals surface area contributed by atoms with Gasteiger partial charge in [0, 0.05) is 23.7 Å². The van der Waals surface area contributed by atoms with Crippen molar-refractivity contribution in [2.24, 2.45) is 5.73 Å². The Balaban J connectivity index is 2.22. The minimum atomic E-state index is 0.535. The maximum atomic E-state index is 6.14. The van der Waals surface area contributed by atoms with Crippen molar-refractivity contribution >= 4 is 22.6 Å². The molecule has 1 aromatic heterocycles. The summed E-state index contributed by atoms with van der Waals surface area (Å²) in [6.45, 7) is 3.61. The third-order valence-electron chi connectivity index (χ3n) is 3.58. The molecule has 21 heavy (non-hydrogen) atoms. The van der Waals surface area contributed by atoms with Crippen LogP contribution >= 0.6 is 11.6 Å². The number of imidazole rings is 1. The van der Waals surface area contributed by atoms with Crippen molar-refractivity contribution in [2.75, 3.05) is 0 Å². The molecule has 0 unspecified atom stereocenters.